The van der Waals surface area contributed by atoms with Gasteiger partial charge in [-0.1, -0.05) is 0 Å². The van der Waals surface area contributed by atoms with Crippen LogP contribution in [-0.4, -0.2) is 94.0 Å². The van der Waals surface area contributed by atoms with E-state index in [1.807, 2.05) is 38.1 Å². The number of nitrogens with zero attached hydrogens (tertiary/aromatic N) is 9. The molecule has 0 saturated carbocycles. The number of piperazine rings is 1. The van der Waals surface area contributed by atoms with Gasteiger partial charge in [0.2, 0.25) is 18.2 Å². The van der Waals surface area contributed by atoms with Crippen molar-refractivity contribution in [3.63, 3.8) is 0 Å². The Labute approximate surface area is 230 Å². The minimum absolute atomic E-state index is 0.188. The summed E-state index contributed by atoms with van der Waals surface area (Å²) >= 11 is 0. The smallest absolute Gasteiger partial charge is 0.285 e. The minimum Gasteiger partial charge on any atom is -0.421 e. The minimum atomic E-state index is -0.347. The van der Waals surface area contributed by atoms with Crippen molar-refractivity contribution in [3.8, 4) is 0 Å². The molecule has 206 valence electrons. The van der Waals surface area contributed by atoms with Crippen molar-refractivity contribution >= 4 is 39.9 Å². The largest absolute Gasteiger partial charge is 0.421 e. The molecule has 2 N–H and O–H groups in total. The number of hydrogen-bond donors (Lipinski definition) is 2. The third-order valence-electron chi connectivity index (χ3n) is 6.97. The lowest BCUT2D eigenvalue weighted by molar-refractivity contribution is 0.383. The first-order chi connectivity index (χ1) is 19.5. The highest BCUT2D eigenvalue weighted by molar-refractivity contribution is 6.17. The zero-order valence-electron chi connectivity index (χ0n) is 22.7. The molecular weight excluding hydrogens is 510 g/mol. The molecule has 1 fully saturated rings. The molecule has 0 bridgehead atoms. The number of aliphatic imine (C=N–C) groups is 2. The third-order valence-corrected chi connectivity index (χ3v) is 6.97. The lowest BCUT2D eigenvalue weighted by atomic mass is 10.1. The van der Waals surface area contributed by atoms with Crippen LogP contribution in [0, 0.1) is 0 Å². The summed E-state index contributed by atoms with van der Waals surface area (Å²) in [5.74, 6) is 0.954. The molecule has 0 radical (unpaired) electrons. The maximum Gasteiger partial charge on any atom is 0.285 e. The summed E-state index contributed by atoms with van der Waals surface area (Å²) in [5, 5.41) is 15.0. The summed E-state index contributed by atoms with van der Waals surface area (Å²) in [5.41, 5.74) is 3.42. The molecule has 0 spiro atoms. The lowest BCUT2D eigenvalue weighted by Gasteiger charge is -2.29. The first-order valence-electron chi connectivity index (χ1n) is 13.3. The van der Waals surface area contributed by atoms with E-state index >= 15 is 0 Å². The topological polar surface area (TPSA) is 142 Å². The van der Waals surface area contributed by atoms with Gasteiger partial charge in [0.25, 0.3) is 11.4 Å². The monoisotopic (exact) mass is 541 g/mol. The van der Waals surface area contributed by atoms with E-state index in [-0.39, 0.29) is 17.5 Å². The molecule has 1 unspecified atom stereocenters. The zero-order chi connectivity index (χ0) is 27.6. The van der Waals surface area contributed by atoms with Gasteiger partial charge in [-0.25, -0.2) is 9.98 Å². The van der Waals surface area contributed by atoms with Gasteiger partial charge in [-0.3, -0.25) is 14.4 Å². The molecule has 3 aromatic heterocycles. The predicted octanol–water partition coefficient (Wildman–Crippen LogP) is 1.53. The van der Waals surface area contributed by atoms with Crippen molar-refractivity contribution in [1.29, 1.82) is 0 Å². The second-order valence-corrected chi connectivity index (χ2v) is 10.1. The highest BCUT2D eigenvalue weighted by Crippen LogP contribution is 2.22. The van der Waals surface area contributed by atoms with Crippen LogP contribution in [0.2, 0.25) is 0 Å². The number of likely N-dealkylation sites (N-methyl/N-ethyl adjacent to an activating group) is 1. The van der Waals surface area contributed by atoms with Gasteiger partial charge in [-0.05, 0) is 51.4 Å². The molecule has 5 heterocycles. The standard InChI is InChI=1S/C27H31N11O2/c1-17-22(33-23(31-17)25-35-30-16-40-25)21-14-18-15-29-27(34-24(18)38(26(21)39)13-12-36(2)3)32-19-4-6-20(7-5-19)37-10-8-28-9-11-37/h4-7,14-17,28H,8-13H2,1-3H3,(H,29,32,34). The zero-order valence-corrected chi connectivity index (χ0v) is 22.7. The van der Waals surface area contributed by atoms with E-state index in [4.69, 9.17) is 9.40 Å². The average molecular weight is 542 g/mol. The molecule has 2 aliphatic heterocycles. The molecule has 2 aliphatic rings. The number of rotatable bonds is 8. The Balaban J connectivity index is 1.33. The summed E-state index contributed by atoms with van der Waals surface area (Å²) in [6.45, 7) is 6.94. The van der Waals surface area contributed by atoms with Gasteiger partial charge < -0.3 is 24.9 Å². The van der Waals surface area contributed by atoms with E-state index in [1.165, 1.54) is 12.1 Å². The van der Waals surface area contributed by atoms with E-state index in [1.54, 1.807) is 16.8 Å². The van der Waals surface area contributed by atoms with Gasteiger partial charge in [-0.2, -0.15) is 4.98 Å². The predicted molar refractivity (Wildman–Crippen MR) is 154 cm³/mol. The highest BCUT2D eigenvalue weighted by atomic mass is 16.4. The number of aromatic nitrogens is 5. The molecule has 1 saturated heterocycles. The molecule has 40 heavy (non-hydrogen) atoms. The van der Waals surface area contributed by atoms with Gasteiger partial charge in [0.15, 0.2) is 0 Å². The van der Waals surface area contributed by atoms with Crippen LogP contribution >= 0.6 is 0 Å². The van der Waals surface area contributed by atoms with Crippen LogP contribution in [-0.2, 0) is 6.54 Å². The quantitative estimate of drug-likeness (QED) is 0.337. The summed E-state index contributed by atoms with van der Waals surface area (Å²) in [6.07, 6.45) is 2.96. The van der Waals surface area contributed by atoms with E-state index in [9.17, 15) is 4.79 Å². The van der Waals surface area contributed by atoms with Crippen LogP contribution in [0.4, 0.5) is 17.3 Å². The van der Waals surface area contributed by atoms with E-state index < -0.39 is 0 Å². The van der Waals surface area contributed by atoms with Crippen LogP contribution < -0.4 is 21.1 Å². The Morgan fingerprint density at radius 1 is 1.18 bits per heavy atom. The first kappa shape index (κ1) is 25.8. The van der Waals surface area contributed by atoms with Crippen molar-refractivity contribution in [3.05, 3.63) is 64.7 Å². The fourth-order valence-electron chi connectivity index (χ4n) is 4.86. The Morgan fingerprint density at radius 2 is 1.98 bits per heavy atom. The highest BCUT2D eigenvalue weighted by Gasteiger charge is 2.27. The average Bonchev–Trinajstić information content (AvgIpc) is 3.63. The Bertz CT molecular complexity index is 1620. The third kappa shape index (κ3) is 5.20. The van der Waals surface area contributed by atoms with Crippen LogP contribution in [0.1, 0.15) is 18.4 Å². The van der Waals surface area contributed by atoms with Crippen molar-refractivity contribution in [2.24, 2.45) is 9.98 Å². The number of amidine groups is 1. The Morgan fingerprint density at radius 3 is 2.70 bits per heavy atom. The number of nitrogens with one attached hydrogen (secondary N) is 2. The number of pyridine rings is 1. The fraction of sp³-hybridized carbons (Fsp3) is 0.370. The van der Waals surface area contributed by atoms with Crippen LogP contribution in [0.3, 0.4) is 0 Å². The van der Waals surface area contributed by atoms with Crippen molar-refractivity contribution in [2.75, 3.05) is 57.0 Å². The number of hydrogen-bond acceptors (Lipinski definition) is 12. The molecule has 1 aromatic carbocycles. The van der Waals surface area contributed by atoms with Gasteiger partial charge in [-0.15, -0.1) is 10.2 Å². The fourth-order valence-corrected chi connectivity index (χ4v) is 4.86. The van der Waals surface area contributed by atoms with Crippen LogP contribution in [0.25, 0.3) is 11.0 Å². The van der Waals surface area contributed by atoms with Crippen molar-refractivity contribution < 1.29 is 4.42 Å². The van der Waals surface area contributed by atoms with Crippen molar-refractivity contribution in [2.45, 2.75) is 19.5 Å². The number of anilines is 3. The summed E-state index contributed by atoms with van der Waals surface area (Å²) in [6, 6.07) is 9.68. The van der Waals surface area contributed by atoms with Crippen LogP contribution in [0.5, 0.6) is 0 Å². The first-order valence-corrected chi connectivity index (χ1v) is 13.3. The summed E-state index contributed by atoms with van der Waals surface area (Å²) in [4.78, 5) is 36.7. The second kappa shape index (κ2) is 10.9. The SMILES string of the molecule is CC1N=C(c2nnco2)N=C1c1cc2cnc(Nc3ccc(N4CCNCC4)cc3)nc2n(CCN(C)C)c1=O. The van der Waals surface area contributed by atoms with Crippen LogP contribution in [0.15, 0.2) is 62.1 Å². The van der Waals surface area contributed by atoms with E-state index in [0.29, 0.717) is 41.8 Å². The normalized spacial score (nSPS) is 17.4. The summed E-state index contributed by atoms with van der Waals surface area (Å²) in [7, 11) is 3.94. The molecule has 13 heteroatoms. The lowest BCUT2D eigenvalue weighted by Crippen LogP contribution is -2.43. The summed E-state index contributed by atoms with van der Waals surface area (Å²) < 4.78 is 6.94. The number of benzene rings is 1. The maximum absolute atomic E-state index is 13.8. The van der Waals surface area contributed by atoms with Crippen molar-refractivity contribution in [1.82, 2.24) is 34.9 Å². The second-order valence-electron chi connectivity index (χ2n) is 10.1. The Kier molecular flexibility index (Phi) is 7.05. The molecule has 13 nitrogen and oxygen atoms in total. The van der Waals surface area contributed by atoms with E-state index in [2.05, 4.69) is 52.8 Å². The maximum atomic E-state index is 13.8. The van der Waals surface area contributed by atoms with Gasteiger partial charge >= 0.3 is 0 Å². The molecule has 0 amide bonds. The molecule has 0 aliphatic carbocycles. The molecule has 4 aromatic rings. The molecule has 6 rings (SSSR count). The molecular formula is C27H31N11O2. The number of fused-ring (bicyclic) bond motifs is 1. The van der Waals surface area contributed by atoms with Gasteiger partial charge in [0.05, 0.1) is 17.3 Å². The van der Waals surface area contributed by atoms with Gasteiger partial charge in [0, 0.05) is 62.2 Å². The van der Waals surface area contributed by atoms with E-state index in [0.717, 1.165) is 37.3 Å². The Hall–Kier alpha value is -4.49. The molecule has 1 atom stereocenters. The van der Waals surface area contributed by atoms with Gasteiger partial charge in [0.1, 0.15) is 5.65 Å².